The molecular formula is C20H25N3. The summed E-state index contributed by atoms with van der Waals surface area (Å²) in [7, 11) is 0. The SMILES string of the molecule is N=C(c1ccccc1)N1CCN(CCCc2ccccc2)CC1. The van der Waals surface area contributed by atoms with Gasteiger partial charge in [0, 0.05) is 31.7 Å². The Morgan fingerprint density at radius 2 is 1.43 bits per heavy atom. The number of piperazine rings is 1. The van der Waals surface area contributed by atoms with Crippen LogP contribution < -0.4 is 0 Å². The second kappa shape index (κ2) is 7.93. The van der Waals surface area contributed by atoms with E-state index in [9.17, 15) is 0 Å². The number of hydrogen-bond acceptors (Lipinski definition) is 2. The van der Waals surface area contributed by atoms with Crippen LogP contribution in [0.1, 0.15) is 17.5 Å². The highest BCUT2D eigenvalue weighted by Gasteiger charge is 2.19. The molecular weight excluding hydrogens is 282 g/mol. The van der Waals surface area contributed by atoms with Gasteiger partial charge >= 0.3 is 0 Å². The zero-order valence-electron chi connectivity index (χ0n) is 13.6. The lowest BCUT2D eigenvalue weighted by Gasteiger charge is -2.36. The number of rotatable bonds is 5. The second-order valence-electron chi connectivity index (χ2n) is 6.13. The fourth-order valence-electron chi connectivity index (χ4n) is 3.13. The van der Waals surface area contributed by atoms with Gasteiger partial charge in [-0.2, -0.15) is 0 Å². The standard InChI is InChI=1S/C20H25N3/c21-20(19-11-5-2-6-12-19)23-16-14-22(15-17-23)13-7-10-18-8-3-1-4-9-18/h1-6,8-9,11-12,21H,7,10,13-17H2. The summed E-state index contributed by atoms with van der Waals surface area (Å²) in [5.74, 6) is 0.662. The Morgan fingerprint density at radius 1 is 0.826 bits per heavy atom. The number of aryl methyl sites for hydroxylation is 1. The van der Waals surface area contributed by atoms with Crippen molar-refractivity contribution in [2.24, 2.45) is 0 Å². The minimum Gasteiger partial charge on any atom is -0.354 e. The van der Waals surface area contributed by atoms with E-state index in [1.807, 2.05) is 30.3 Å². The van der Waals surface area contributed by atoms with Gasteiger partial charge in [0.25, 0.3) is 0 Å². The first-order valence-corrected chi connectivity index (χ1v) is 8.48. The zero-order valence-corrected chi connectivity index (χ0v) is 13.6. The lowest BCUT2D eigenvalue weighted by atomic mass is 10.1. The van der Waals surface area contributed by atoms with Crippen LogP contribution in [0.3, 0.4) is 0 Å². The summed E-state index contributed by atoms with van der Waals surface area (Å²) in [6.45, 7) is 5.19. The lowest BCUT2D eigenvalue weighted by Crippen LogP contribution is -2.48. The lowest BCUT2D eigenvalue weighted by molar-refractivity contribution is 0.180. The highest BCUT2D eigenvalue weighted by molar-refractivity contribution is 5.96. The summed E-state index contributed by atoms with van der Waals surface area (Å²) in [5, 5.41) is 8.35. The van der Waals surface area contributed by atoms with E-state index in [1.165, 1.54) is 12.0 Å². The van der Waals surface area contributed by atoms with E-state index in [1.54, 1.807) is 0 Å². The molecule has 0 bridgehead atoms. The van der Waals surface area contributed by atoms with Crippen molar-refractivity contribution in [3.05, 3.63) is 71.8 Å². The number of amidine groups is 1. The monoisotopic (exact) mass is 307 g/mol. The Labute approximate surface area is 139 Å². The Balaban J connectivity index is 1.41. The number of benzene rings is 2. The molecule has 1 fully saturated rings. The van der Waals surface area contributed by atoms with Gasteiger partial charge in [-0.05, 0) is 24.9 Å². The van der Waals surface area contributed by atoms with Gasteiger partial charge in [0.15, 0.2) is 0 Å². The first-order valence-electron chi connectivity index (χ1n) is 8.48. The van der Waals surface area contributed by atoms with E-state index < -0.39 is 0 Å². The second-order valence-corrected chi connectivity index (χ2v) is 6.13. The van der Waals surface area contributed by atoms with Gasteiger partial charge in [-0.25, -0.2) is 0 Å². The van der Waals surface area contributed by atoms with Crippen molar-refractivity contribution in [2.75, 3.05) is 32.7 Å². The van der Waals surface area contributed by atoms with Gasteiger partial charge in [-0.15, -0.1) is 0 Å². The van der Waals surface area contributed by atoms with Gasteiger partial charge in [-0.1, -0.05) is 60.7 Å². The van der Waals surface area contributed by atoms with Crippen molar-refractivity contribution in [3.63, 3.8) is 0 Å². The van der Waals surface area contributed by atoms with Gasteiger partial charge in [0.05, 0.1) is 0 Å². The van der Waals surface area contributed by atoms with Crippen molar-refractivity contribution in [2.45, 2.75) is 12.8 Å². The molecule has 1 N–H and O–H groups in total. The van der Waals surface area contributed by atoms with Crippen molar-refractivity contribution >= 4 is 5.84 Å². The quantitative estimate of drug-likeness (QED) is 0.679. The molecule has 0 aromatic heterocycles. The Bertz CT molecular complexity index is 601. The highest BCUT2D eigenvalue weighted by atomic mass is 15.3. The van der Waals surface area contributed by atoms with E-state index in [0.29, 0.717) is 5.84 Å². The van der Waals surface area contributed by atoms with Crippen molar-refractivity contribution in [1.82, 2.24) is 9.80 Å². The predicted molar refractivity (Wildman–Crippen MR) is 96.0 cm³/mol. The smallest absolute Gasteiger partial charge is 0.128 e. The van der Waals surface area contributed by atoms with Gasteiger partial charge in [-0.3, -0.25) is 10.3 Å². The topological polar surface area (TPSA) is 30.3 Å². The van der Waals surface area contributed by atoms with E-state index in [-0.39, 0.29) is 0 Å². The largest absolute Gasteiger partial charge is 0.354 e. The van der Waals surface area contributed by atoms with Crippen LogP contribution in [0.25, 0.3) is 0 Å². The highest BCUT2D eigenvalue weighted by Crippen LogP contribution is 2.10. The van der Waals surface area contributed by atoms with Crippen molar-refractivity contribution in [3.8, 4) is 0 Å². The minimum atomic E-state index is 0.662. The van der Waals surface area contributed by atoms with Gasteiger partial charge < -0.3 is 4.90 Å². The molecule has 23 heavy (non-hydrogen) atoms. The summed E-state index contributed by atoms with van der Waals surface area (Å²) in [6.07, 6.45) is 2.36. The third-order valence-corrected chi connectivity index (χ3v) is 4.52. The molecule has 0 amide bonds. The summed E-state index contributed by atoms with van der Waals surface area (Å²) < 4.78 is 0. The fraction of sp³-hybridized carbons (Fsp3) is 0.350. The summed E-state index contributed by atoms with van der Waals surface area (Å²) >= 11 is 0. The molecule has 1 aliphatic rings. The maximum atomic E-state index is 8.35. The summed E-state index contributed by atoms with van der Waals surface area (Å²) in [5.41, 5.74) is 2.45. The van der Waals surface area contributed by atoms with Crippen LogP contribution in [0.4, 0.5) is 0 Å². The van der Waals surface area contributed by atoms with Gasteiger partial charge in [0.2, 0.25) is 0 Å². The summed E-state index contributed by atoms with van der Waals surface area (Å²) in [4.78, 5) is 4.72. The number of nitrogens with one attached hydrogen (secondary N) is 1. The zero-order chi connectivity index (χ0) is 15.9. The first kappa shape index (κ1) is 15.8. The summed E-state index contributed by atoms with van der Waals surface area (Å²) in [6, 6.07) is 20.8. The van der Waals surface area contributed by atoms with E-state index in [2.05, 4.69) is 40.1 Å². The molecule has 0 radical (unpaired) electrons. The molecule has 120 valence electrons. The van der Waals surface area contributed by atoms with E-state index in [4.69, 9.17) is 5.41 Å². The molecule has 0 spiro atoms. The molecule has 1 aliphatic heterocycles. The molecule has 3 heteroatoms. The van der Waals surface area contributed by atoms with Crippen LogP contribution in [0, 0.1) is 5.41 Å². The van der Waals surface area contributed by atoms with Gasteiger partial charge in [0.1, 0.15) is 5.84 Å². The third-order valence-electron chi connectivity index (χ3n) is 4.52. The molecule has 3 nitrogen and oxygen atoms in total. The van der Waals surface area contributed by atoms with E-state index >= 15 is 0 Å². The molecule has 0 aliphatic carbocycles. The van der Waals surface area contributed by atoms with Crippen molar-refractivity contribution < 1.29 is 0 Å². The van der Waals surface area contributed by atoms with E-state index in [0.717, 1.165) is 44.7 Å². The van der Waals surface area contributed by atoms with Crippen molar-refractivity contribution in [1.29, 1.82) is 5.41 Å². The Hall–Kier alpha value is -2.13. The maximum Gasteiger partial charge on any atom is 0.128 e. The average molecular weight is 307 g/mol. The first-order chi connectivity index (χ1) is 11.3. The molecule has 2 aromatic rings. The molecule has 1 saturated heterocycles. The maximum absolute atomic E-state index is 8.35. The molecule has 0 unspecified atom stereocenters. The van der Waals surface area contributed by atoms with Crippen LogP contribution in [-0.2, 0) is 6.42 Å². The average Bonchev–Trinajstić information content (AvgIpc) is 2.63. The normalized spacial score (nSPS) is 15.6. The van der Waals surface area contributed by atoms with Crippen LogP contribution >= 0.6 is 0 Å². The molecule has 3 rings (SSSR count). The van der Waals surface area contributed by atoms with Crippen LogP contribution in [0.15, 0.2) is 60.7 Å². The van der Waals surface area contributed by atoms with Crippen LogP contribution in [-0.4, -0.2) is 48.4 Å². The molecule has 2 aromatic carbocycles. The molecule has 1 heterocycles. The number of nitrogens with zero attached hydrogens (tertiary/aromatic N) is 2. The predicted octanol–water partition coefficient (Wildman–Crippen LogP) is 3.26. The molecule has 0 atom stereocenters. The Kier molecular flexibility index (Phi) is 5.43. The van der Waals surface area contributed by atoms with Crippen LogP contribution in [0.2, 0.25) is 0 Å². The van der Waals surface area contributed by atoms with Crippen LogP contribution in [0.5, 0.6) is 0 Å². The minimum absolute atomic E-state index is 0.662. The Morgan fingerprint density at radius 3 is 2.09 bits per heavy atom. The third kappa shape index (κ3) is 4.42. The number of hydrogen-bond donors (Lipinski definition) is 1. The fourth-order valence-corrected chi connectivity index (χ4v) is 3.13. The molecule has 0 saturated carbocycles.